The minimum Gasteiger partial charge on any atom is -0.494 e. The fourth-order valence-corrected chi connectivity index (χ4v) is 8.59. The molecule has 14 nitrogen and oxygen atoms in total. The van der Waals surface area contributed by atoms with Crippen molar-refractivity contribution >= 4 is 34.6 Å². The third kappa shape index (κ3) is 8.15. The van der Waals surface area contributed by atoms with Crippen molar-refractivity contribution in [3.8, 4) is 17.1 Å². The van der Waals surface area contributed by atoms with Crippen LogP contribution in [0.5, 0.6) is 5.75 Å². The number of anilines is 1. The van der Waals surface area contributed by atoms with Crippen molar-refractivity contribution in [3.05, 3.63) is 86.5 Å². The number of piperidine rings is 1. The average Bonchev–Trinajstić information content (AvgIpc) is 3.54. The van der Waals surface area contributed by atoms with Gasteiger partial charge in [-0.1, -0.05) is 19.1 Å². The van der Waals surface area contributed by atoms with Gasteiger partial charge in [-0.05, 0) is 63.9 Å². The third-order valence-electron chi connectivity index (χ3n) is 11.9. The average molecular weight is 814 g/mol. The van der Waals surface area contributed by atoms with E-state index in [-0.39, 0.29) is 47.9 Å². The number of quaternary nitrogens is 1. The van der Waals surface area contributed by atoms with Crippen LogP contribution in [0.1, 0.15) is 81.7 Å². The standard InChI is InChI=1S/C44H53FN6O8/c1-9-44(56)33-19-36-38-31(22-50(36)40(53)32(33)24-58-41(44)54)30(29-18-37(57-8)34(45)20-35(29)48-38)21-49-16-14-28(15-17-49)51(6,7)23-26-10-12-27(13-11-26)47-39(52)25(2)46-42(55)59-43(3,4)5/h10-13,18-20,25,28,56H,9,14-17,21-24H2,1-8H3,(H-,46,47,52,55)/p+1/t25?,44-/m0/s1. The summed E-state index contributed by atoms with van der Waals surface area (Å²) in [6, 6.07) is 12.1. The van der Waals surface area contributed by atoms with E-state index in [4.69, 9.17) is 19.2 Å². The van der Waals surface area contributed by atoms with Gasteiger partial charge in [0.15, 0.2) is 17.2 Å². The molecule has 5 heterocycles. The lowest BCUT2D eigenvalue weighted by Crippen LogP contribution is -2.53. The molecule has 15 heteroatoms. The molecule has 3 aliphatic rings. The van der Waals surface area contributed by atoms with Crippen molar-refractivity contribution in [2.45, 2.75) is 103 Å². The Bertz CT molecular complexity index is 2380. The summed E-state index contributed by atoms with van der Waals surface area (Å²) < 4.78 is 33.4. The van der Waals surface area contributed by atoms with Crippen LogP contribution in [0, 0.1) is 5.82 Å². The summed E-state index contributed by atoms with van der Waals surface area (Å²) in [4.78, 5) is 58.8. The summed E-state index contributed by atoms with van der Waals surface area (Å²) in [5.74, 6) is -1.59. The number of carbonyl (C=O) groups is 3. The first kappa shape index (κ1) is 41.8. The molecule has 3 aliphatic heterocycles. The highest BCUT2D eigenvalue weighted by Crippen LogP contribution is 2.42. The van der Waals surface area contributed by atoms with Crippen LogP contribution < -0.4 is 20.9 Å². The molecule has 1 unspecified atom stereocenters. The Kier molecular flexibility index (Phi) is 11.1. The highest BCUT2D eigenvalue weighted by Gasteiger charge is 2.45. The van der Waals surface area contributed by atoms with Crippen LogP contribution in [-0.4, -0.2) is 94.0 Å². The molecular formula is C44H54FN6O8+. The fraction of sp³-hybridized carbons (Fsp3) is 0.477. The highest BCUT2D eigenvalue weighted by atomic mass is 19.1. The lowest BCUT2D eigenvalue weighted by Gasteiger charge is -2.43. The van der Waals surface area contributed by atoms with Gasteiger partial charge in [-0.15, -0.1) is 0 Å². The number of carbonyl (C=O) groups excluding carboxylic acids is 3. The van der Waals surface area contributed by atoms with Crippen molar-refractivity contribution in [1.29, 1.82) is 0 Å². The Morgan fingerprint density at radius 3 is 2.44 bits per heavy atom. The van der Waals surface area contributed by atoms with E-state index in [1.54, 1.807) is 51.3 Å². The predicted octanol–water partition coefficient (Wildman–Crippen LogP) is 5.32. The zero-order valence-electron chi connectivity index (χ0n) is 35.0. The summed E-state index contributed by atoms with van der Waals surface area (Å²) in [5, 5.41) is 17.5. The van der Waals surface area contributed by atoms with Crippen LogP contribution in [-0.2, 0) is 50.9 Å². The number of aliphatic hydroxyl groups is 1. The number of fused-ring (bicyclic) bond motifs is 5. The van der Waals surface area contributed by atoms with Gasteiger partial charge >= 0.3 is 12.1 Å². The number of benzene rings is 2. The largest absolute Gasteiger partial charge is 0.494 e. The lowest BCUT2D eigenvalue weighted by molar-refractivity contribution is -0.929. The Hall–Kier alpha value is -5.38. The first-order valence-electron chi connectivity index (χ1n) is 20.1. The van der Waals surface area contributed by atoms with Crippen LogP contribution >= 0.6 is 0 Å². The van der Waals surface area contributed by atoms with Crippen molar-refractivity contribution in [3.63, 3.8) is 0 Å². The van der Waals surface area contributed by atoms with Gasteiger partial charge in [0.25, 0.3) is 5.56 Å². The fourth-order valence-electron chi connectivity index (χ4n) is 8.59. The molecule has 1 fully saturated rings. The Balaban J connectivity index is 1.06. The molecule has 7 rings (SSSR count). The van der Waals surface area contributed by atoms with Crippen molar-refractivity contribution < 1.29 is 42.6 Å². The van der Waals surface area contributed by atoms with E-state index < -0.39 is 35.1 Å². The maximum absolute atomic E-state index is 15.2. The predicted molar refractivity (Wildman–Crippen MR) is 219 cm³/mol. The van der Waals surface area contributed by atoms with E-state index >= 15 is 4.39 Å². The van der Waals surface area contributed by atoms with Gasteiger partial charge in [0.1, 0.15) is 24.8 Å². The summed E-state index contributed by atoms with van der Waals surface area (Å²) in [6.07, 6.45) is 1.25. The Morgan fingerprint density at radius 2 is 1.80 bits per heavy atom. The van der Waals surface area contributed by atoms with Crippen LogP contribution in [0.15, 0.2) is 47.3 Å². The summed E-state index contributed by atoms with van der Waals surface area (Å²) >= 11 is 0. The molecule has 0 saturated carbocycles. The number of halogens is 1. The molecule has 4 aromatic rings. The minimum atomic E-state index is -1.95. The first-order valence-corrected chi connectivity index (χ1v) is 20.1. The van der Waals surface area contributed by atoms with E-state index in [0.29, 0.717) is 35.2 Å². The maximum atomic E-state index is 15.2. The number of alkyl carbamates (subject to hydrolysis) is 1. The molecule has 1 saturated heterocycles. The summed E-state index contributed by atoms with van der Waals surface area (Å²) in [5.41, 5.74) is 2.45. The summed E-state index contributed by atoms with van der Waals surface area (Å²) in [7, 11) is 5.89. The normalized spacial score (nSPS) is 18.7. The van der Waals surface area contributed by atoms with Gasteiger partial charge in [-0.2, -0.15) is 0 Å². The SMILES string of the molecule is CC[C@@]1(O)C(=O)OCc2c1cc1n(c2=O)Cc2c-1nc1cc(F)c(OC)cc1c2CN1CCC([N+](C)(C)Cc2ccc(NC(=O)C(C)NC(=O)OC(C)(C)C)cc2)CC1. The second-order valence-corrected chi connectivity index (χ2v) is 17.5. The number of nitrogens with zero attached hydrogens (tertiary/aromatic N) is 4. The molecule has 2 amide bonds. The second kappa shape index (κ2) is 15.7. The van der Waals surface area contributed by atoms with Gasteiger partial charge in [0.05, 0.1) is 56.3 Å². The number of rotatable bonds is 10. The Morgan fingerprint density at radius 1 is 1.10 bits per heavy atom. The number of aromatic nitrogens is 2. The monoisotopic (exact) mass is 813 g/mol. The van der Waals surface area contributed by atoms with E-state index in [1.165, 1.54) is 13.2 Å². The Labute approximate surface area is 342 Å². The second-order valence-electron chi connectivity index (χ2n) is 17.5. The molecule has 314 valence electrons. The number of amides is 2. The van der Waals surface area contributed by atoms with Gasteiger partial charge in [0.2, 0.25) is 5.91 Å². The maximum Gasteiger partial charge on any atom is 0.408 e. The van der Waals surface area contributed by atoms with Gasteiger partial charge < -0.3 is 39.0 Å². The molecule has 0 bridgehead atoms. The quantitative estimate of drug-likeness (QED) is 0.124. The van der Waals surface area contributed by atoms with Gasteiger partial charge in [-0.25, -0.2) is 19.0 Å². The minimum absolute atomic E-state index is 0.0325. The van der Waals surface area contributed by atoms with Crippen molar-refractivity contribution in [1.82, 2.24) is 19.8 Å². The molecule has 0 spiro atoms. The number of hydrogen-bond donors (Lipinski definition) is 3. The van der Waals surface area contributed by atoms with E-state index in [2.05, 4.69) is 29.6 Å². The number of ether oxygens (including phenoxy) is 3. The zero-order valence-corrected chi connectivity index (χ0v) is 35.0. The molecule has 2 aromatic heterocycles. The zero-order chi connectivity index (χ0) is 42.6. The number of pyridine rings is 2. The first-order chi connectivity index (χ1) is 27.8. The van der Waals surface area contributed by atoms with E-state index in [9.17, 15) is 24.3 Å². The molecular weight excluding hydrogens is 760 g/mol. The molecule has 0 radical (unpaired) electrons. The molecule has 2 atom stereocenters. The lowest BCUT2D eigenvalue weighted by atomic mass is 9.86. The third-order valence-corrected chi connectivity index (χ3v) is 11.9. The number of esters is 1. The van der Waals surface area contributed by atoms with Gasteiger partial charge in [0, 0.05) is 66.3 Å². The topological polar surface area (TPSA) is 161 Å². The van der Waals surface area contributed by atoms with Crippen LogP contribution in [0.4, 0.5) is 14.9 Å². The number of cyclic esters (lactones) is 1. The van der Waals surface area contributed by atoms with Crippen LogP contribution in [0.3, 0.4) is 0 Å². The number of nitrogens with one attached hydrogen (secondary N) is 2. The summed E-state index contributed by atoms with van der Waals surface area (Å²) in [6.45, 7) is 11.5. The molecule has 3 N–H and O–H groups in total. The van der Waals surface area contributed by atoms with Crippen molar-refractivity contribution in [2.75, 3.05) is 39.6 Å². The molecule has 59 heavy (non-hydrogen) atoms. The molecule has 0 aliphatic carbocycles. The highest BCUT2D eigenvalue weighted by molar-refractivity contribution is 5.96. The van der Waals surface area contributed by atoms with Crippen LogP contribution in [0.25, 0.3) is 22.3 Å². The smallest absolute Gasteiger partial charge is 0.408 e. The number of likely N-dealkylation sites (tertiary alicyclic amines) is 1. The van der Waals surface area contributed by atoms with Crippen LogP contribution in [0.2, 0.25) is 0 Å². The molecule has 2 aromatic carbocycles. The van der Waals surface area contributed by atoms with E-state index in [1.807, 2.05) is 24.3 Å². The van der Waals surface area contributed by atoms with Crippen molar-refractivity contribution in [2.24, 2.45) is 0 Å². The van der Waals surface area contributed by atoms with E-state index in [0.717, 1.165) is 59.0 Å². The number of hydrogen-bond acceptors (Lipinski definition) is 10. The number of methoxy groups -OCH3 is 1. The van der Waals surface area contributed by atoms with Gasteiger partial charge in [-0.3, -0.25) is 14.5 Å².